The highest BCUT2D eigenvalue weighted by molar-refractivity contribution is 5.73. The molecule has 0 aliphatic heterocycles. The molecule has 0 saturated carbocycles. The third-order valence-corrected chi connectivity index (χ3v) is 2.39. The van der Waals surface area contributed by atoms with Crippen LogP contribution in [0.1, 0.15) is 0 Å². The van der Waals surface area contributed by atoms with E-state index in [4.69, 9.17) is 14.9 Å². The fraction of sp³-hybridized carbons (Fsp3) is 0.0714. The first-order valence-corrected chi connectivity index (χ1v) is 5.74. The summed E-state index contributed by atoms with van der Waals surface area (Å²) < 4.78 is 35.1. The van der Waals surface area contributed by atoms with Crippen molar-refractivity contribution in [1.82, 2.24) is 0 Å². The van der Waals surface area contributed by atoms with E-state index in [0.29, 0.717) is 11.5 Å². The van der Waals surface area contributed by atoms with Gasteiger partial charge in [-0.1, -0.05) is 0 Å². The molecule has 0 spiro atoms. The highest BCUT2D eigenvalue weighted by Crippen LogP contribution is 2.27. The van der Waals surface area contributed by atoms with E-state index in [1.807, 2.05) is 0 Å². The van der Waals surface area contributed by atoms with Gasteiger partial charge in [-0.3, -0.25) is 0 Å². The number of phenolic OH excluding ortho intramolecular Hbond substituents is 1. The summed E-state index contributed by atoms with van der Waals surface area (Å²) in [4.78, 5) is 10.2. The number of ether oxygens (including phenoxy) is 2. The number of alkyl halides is 2. The lowest BCUT2D eigenvalue weighted by molar-refractivity contribution is -0.210. The van der Waals surface area contributed by atoms with Crippen molar-refractivity contribution in [2.75, 3.05) is 0 Å². The molecule has 0 atom stereocenters. The molecule has 21 heavy (non-hydrogen) atoms. The molecule has 5 nitrogen and oxygen atoms in total. The first-order chi connectivity index (χ1) is 9.87. The van der Waals surface area contributed by atoms with E-state index < -0.39 is 12.1 Å². The van der Waals surface area contributed by atoms with Crippen molar-refractivity contribution in [2.45, 2.75) is 6.11 Å². The van der Waals surface area contributed by atoms with Gasteiger partial charge in [0.05, 0.1) is 0 Å². The van der Waals surface area contributed by atoms with Crippen LogP contribution in [-0.2, 0) is 4.79 Å². The molecule has 0 bridgehead atoms. The Bertz CT molecular complexity index is 623. The standard InChI is InChI=1S/C14H10F2O5/c15-14(16,13(18)19)21-12-7-5-11(6-8-12)20-10-3-1-9(17)2-4-10/h1-8,17H,(H,18,19). The molecule has 0 aliphatic carbocycles. The largest absolute Gasteiger partial charge is 0.508 e. The van der Waals surface area contributed by atoms with Crippen molar-refractivity contribution in [3.63, 3.8) is 0 Å². The molecule has 0 radical (unpaired) electrons. The van der Waals surface area contributed by atoms with Crippen molar-refractivity contribution in [2.24, 2.45) is 0 Å². The van der Waals surface area contributed by atoms with E-state index in [1.165, 1.54) is 36.4 Å². The molecule has 110 valence electrons. The van der Waals surface area contributed by atoms with Crippen LogP contribution in [0, 0.1) is 0 Å². The summed E-state index contributed by atoms with van der Waals surface area (Å²) in [6.45, 7) is 0. The van der Waals surface area contributed by atoms with Crippen molar-refractivity contribution in [1.29, 1.82) is 0 Å². The minimum absolute atomic E-state index is 0.0852. The van der Waals surface area contributed by atoms with Crippen LogP contribution in [0.3, 0.4) is 0 Å². The van der Waals surface area contributed by atoms with Gasteiger partial charge in [-0.2, -0.15) is 8.78 Å². The Balaban J connectivity index is 2.05. The van der Waals surface area contributed by atoms with E-state index in [9.17, 15) is 13.6 Å². The Morgan fingerprint density at radius 1 is 0.905 bits per heavy atom. The molecular weight excluding hydrogens is 286 g/mol. The van der Waals surface area contributed by atoms with Gasteiger partial charge in [0.25, 0.3) is 0 Å². The molecule has 0 heterocycles. The van der Waals surface area contributed by atoms with E-state index in [-0.39, 0.29) is 11.5 Å². The summed E-state index contributed by atoms with van der Waals surface area (Å²) in [5, 5.41) is 17.4. The monoisotopic (exact) mass is 296 g/mol. The number of hydrogen-bond donors (Lipinski definition) is 2. The number of carbonyl (C=O) groups is 1. The van der Waals surface area contributed by atoms with E-state index >= 15 is 0 Å². The minimum atomic E-state index is -4.29. The van der Waals surface area contributed by atoms with Crippen LogP contribution in [0.2, 0.25) is 0 Å². The van der Waals surface area contributed by atoms with Gasteiger partial charge in [0.1, 0.15) is 23.0 Å². The van der Waals surface area contributed by atoms with Gasteiger partial charge < -0.3 is 19.7 Å². The molecule has 2 N–H and O–H groups in total. The minimum Gasteiger partial charge on any atom is -0.508 e. The number of aromatic hydroxyl groups is 1. The summed E-state index contributed by atoms with van der Waals surface area (Å²) in [5.74, 6) is -1.81. The maximum atomic E-state index is 12.8. The zero-order chi connectivity index (χ0) is 15.5. The van der Waals surface area contributed by atoms with Gasteiger partial charge in [0.15, 0.2) is 0 Å². The Kier molecular flexibility index (Phi) is 3.93. The molecule has 0 aromatic heterocycles. The molecule has 7 heteroatoms. The second-order valence-electron chi connectivity index (χ2n) is 3.99. The van der Waals surface area contributed by atoms with Crippen LogP contribution in [-0.4, -0.2) is 22.3 Å². The molecule has 0 aliphatic rings. The number of benzene rings is 2. The van der Waals surface area contributed by atoms with E-state index in [2.05, 4.69) is 4.74 Å². The molecule has 0 amide bonds. The third-order valence-electron chi connectivity index (χ3n) is 2.39. The molecule has 2 aromatic rings. The van der Waals surface area contributed by atoms with Crippen molar-refractivity contribution in [3.05, 3.63) is 48.5 Å². The Labute approximate surface area is 118 Å². The third kappa shape index (κ3) is 3.82. The summed E-state index contributed by atoms with van der Waals surface area (Å²) in [6.07, 6.45) is -4.29. The second kappa shape index (κ2) is 5.66. The van der Waals surface area contributed by atoms with Crippen LogP contribution in [0.4, 0.5) is 8.78 Å². The average Bonchev–Trinajstić information content (AvgIpc) is 2.43. The van der Waals surface area contributed by atoms with Gasteiger partial charge in [-0.25, -0.2) is 4.79 Å². The maximum Gasteiger partial charge on any atom is 0.501 e. The fourth-order valence-electron chi connectivity index (χ4n) is 1.42. The fourth-order valence-corrected chi connectivity index (χ4v) is 1.42. The second-order valence-corrected chi connectivity index (χ2v) is 3.99. The van der Waals surface area contributed by atoms with Crippen LogP contribution in [0.5, 0.6) is 23.0 Å². The van der Waals surface area contributed by atoms with E-state index in [0.717, 1.165) is 12.1 Å². The Morgan fingerprint density at radius 3 is 1.81 bits per heavy atom. The first kappa shape index (κ1) is 14.6. The van der Waals surface area contributed by atoms with Crippen LogP contribution >= 0.6 is 0 Å². The van der Waals surface area contributed by atoms with Gasteiger partial charge in [0.2, 0.25) is 0 Å². The van der Waals surface area contributed by atoms with Crippen LogP contribution in [0.25, 0.3) is 0 Å². The average molecular weight is 296 g/mol. The smallest absolute Gasteiger partial charge is 0.501 e. The molecule has 0 fully saturated rings. The number of aliphatic carboxylic acids is 1. The topological polar surface area (TPSA) is 76.0 Å². The summed E-state index contributed by atoms with van der Waals surface area (Å²) in [5.41, 5.74) is 0. The number of rotatable bonds is 5. The summed E-state index contributed by atoms with van der Waals surface area (Å²) in [6, 6.07) is 10.9. The zero-order valence-electron chi connectivity index (χ0n) is 10.5. The first-order valence-electron chi connectivity index (χ1n) is 5.74. The van der Waals surface area contributed by atoms with Gasteiger partial charge in [-0.15, -0.1) is 0 Å². The van der Waals surface area contributed by atoms with Gasteiger partial charge >= 0.3 is 12.1 Å². The Morgan fingerprint density at radius 2 is 1.33 bits per heavy atom. The lowest BCUT2D eigenvalue weighted by Gasteiger charge is -2.13. The van der Waals surface area contributed by atoms with Gasteiger partial charge in [0, 0.05) is 0 Å². The van der Waals surface area contributed by atoms with Crippen molar-refractivity contribution < 1.29 is 33.3 Å². The molecule has 2 aromatic carbocycles. The molecule has 0 saturated heterocycles. The number of phenols is 1. The lowest BCUT2D eigenvalue weighted by Crippen LogP contribution is -2.34. The molecule has 0 unspecified atom stereocenters. The number of carboxylic acids is 1. The maximum absolute atomic E-state index is 12.8. The Hall–Kier alpha value is -2.83. The van der Waals surface area contributed by atoms with Gasteiger partial charge in [-0.05, 0) is 48.5 Å². The highest BCUT2D eigenvalue weighted by Gasteiger charge is 2.42. The zero-order valence-corrected chi connectivity index (χ0v) is 10.5. The highest BCUT2D eigenvalue weighted by atomic mass is 19.3. The van der Waals surface area contributed by atoms with Crippen LogP contribution < -0.4 is 9.47 Å². The number of carboxylic acid groups (broad SMARTS) is 1. The van der Waals surface area contributed by atoms with Crippen molar-refractivity contribution >= 4 is 5.97 Å². The molecular formula is C14H10F2O5. The van der Waals surface area contributed by atoms with Crippen molar-refractivity contribution in [3.8, 4) is 23.0 Å². The predicted molar refractivity (Wildman–Crippen MR) is 67.8 cm³/mol. The predicted octanol–water partition coefficient (Wildman–Crippen LogP) is 3.24. The van der Waals surface area contributed by atoms with E-state index in [1.54, 1.807) is 0 Å². The normalized spacial score (nSPS) is 11.0. The summed E-state index contributed by atoms with van der Waals surface area (Å²) >= 11 is 0. The molecule has 2 rings (SSSR count). The number of hydrogen-bond acceptors (Lipinski definition) is 4. The lowest BCUT2D eigenvalue weighted by atomic mass is 10.3. The summed E-state index contributed by atoms with van der Waals surface area (Å²) in [7, 11) is 0. The number of halogens is 2. The SMILES string of the molecule is O=C(O)C(F)(F)Oc1ccc(Oc2ccc(O)cc2)cc1. The quantitative estimate of drug-likeness (QED) is 0.885. The van der Waals surface area contributed by atoms with Crippen LogP contribution in [0.15, 0.2) is 48.5 Å².